The first kappa shape index (κ1) is 22.5. The van der Waals surface area contributed by atoms with Crippen molar-refractivity contribution in [3.63, 3.8) is 0 Å². The van der Waals surface area contributed by atoms with Crippen LogP contribution in [0, 0.1) is 0 Å². The lowest BCUT2D eigenvalue weighted by atomic mass is 9.90. The number of rotatable bonds is 8. The molecular formula is C29H29N5O. The van der Waals surface area contributed by atoms with Crippen molar-refractivity contribution in [2.45, 2.75) is 12.0 Å². The van der Waals surface area contributed by atoms with E-state index in [1.165, 1.54) is 0 Å². The molecule has 176 valence electrons. The van der Waals surface area contributed by atoms with Crippen molar-refractivity contribution in [2.75, 3.05) is 25.5 Å². The number of hydrogen-bond acceptors (Lipinski definition) is 3. The molecule has 0 spiro atoms. The summed E-state index contributed by atoms with van der Waals surface area (Å²) in [6.07, 6.45) is 5.59. The van der Waals surface area contributed by atoms with E-state index in [9.17, 15) is 4.79 Å². The van der Waals surface area contributed by atoms with Gasteiger partial charge in [-0.1, -0.05) is 60.7 Å². The number of hydrogen-bond donors (Lipinski definition) is 2. The monoisotopic (exact) mass is 463 g/mol. The Hall–Kier alpha value is -4.32. The molecule has 6 heteroatoms. The van der Waals surface area contributed by atoms with Crippen LogP contribution in [0.3, 0.4) is 0 Å². The number of H-pyrrole nitrogens is 1. The van der Waals surface area contributed by atoms with E-state index < -0.39 is 6.04 Å². The SMILES string of the molecule is CN(C)c1ccc(C(CNC(=O)C(c2ccccc2)n2cccn2)c2c[nH]c3ccccc23)cc1. The van der Waals surface area contributed by atoms with Gasteiger partial charge in [0.1, 0.15) is 0 Å². The molecule has 0 aliphatic rings. The molecule has 2 atom stereocenters. The smallest absolute Gasteiger partial charge is 0.249 e. The topological polar surface area (TPSA) is 66.0 Å². The summed E-state index contributed by atoms with van der Waals surface area (Å²) in [7, 11) is 4.07. The van der Waals surface area contributed by atoms with Gasteiger partial charge in [0.15, 0.2) is 6.04 Å². The first-order chi connectivity index (χ1) is 17.1. The van der Waals surface area contributed by atoms with Gasteiger partial charge < -0.3 is 15.2 Å². The third-order valence-electron chi connectivity index (χ3n) is 6.44. The van der Waals surface area contributed by atoms with Crippen LogP contribution in [0.4, 0.5) is 5.69 Å². The van der Waals surface area contributed by atoms with Crippen molar-refractivity contribution in [3.8, 4) is 0 Å². The van der Waals surface area contributed by atoms with Gasteiger partial charge in [-0.05, 0) is 41.0 Å². The average molecular weight is 464 g/mol. The van der Waals surface area contributed by atoms with Gasteiger partial charge in [-0.25, -0.2) is 0 Å². The Morgan fingerprint density at radius 2 is 1.69 bits per heavy atom. The Balaban J connectivity index is 1.47. The molecule has 2 heterocycles. The number of carbonyl (C=O) groups is 1. The second-order valence-corrected chi connectivity index (χ2v) is 8.87. The van der Waals surface area contributed by atoms with Crippen molar-refractivity contribution in [1.82, 2.24) is 20.1 Å². The van der Waals surface area contributed by atoms with Crippen LogP contribution in [0.15, 0.2) is 104 Å². The zero-order valence-corrected chi connectivity index (χ0v) is 19.9. The maximum absolute atomic E-state index is 13.6. The van der Waals surface area contributed by atoms with Crippen molar-refractivity contribution in [1.29, 1.82) is 0 Å². The second-order valence-electron chi connectivity index (χ2n) is 8.87. The van der Waals surface area contributed by atoms with E-state index in [2.05, 4.69) is 62.9 Å². The molecule has 3 aromatic carbocycles. The molecule has 0 aliphatic heterocycles. The summed E-state index contributed by atoms with van der Waals surface area (Å²) < 4.78 is 1.71. The van der Waals surface area contributed by atoms with E-state index >= 15 is 0 Å². The molecule has 0 aliphatic carbocycles. The third kappa shape index (κ3) is 4.68. The zero-order chi connectivity index (χ0) is 24.2. The molecule has 5 rings (SSSR count). The van der Waals surface area contributed by atoms with E-state index in [4.69, 9.17) is 0 Å². The van der Waals surface area contributed by atoms with Crippen molar-refractivity contribution >= 4 is 22.5 Å². The van der Waals surface area contributed by atoms with Gasteiger partial charge in [0.05, 0.1) is 0 Å². The van der Waals surface area contributed by atoms with Crippen molar-refractivity contribution in [3.05, 3.63) is 120 Å². The number of aromatic nitrogens is 3. The van der Waals surface area contributed by atoms with Gasteiger partial charge in [0.25, 0.3) is 0 Å². The highest BCUT2D eigenvalue weighted by Crippen LogP contribution is 2.31. The minimum atomic E-state index is -0.536. The summed E-state index contributed by atoms with van der Waals surface area (Å²) in [6, 6.07) is 27.9. The number of nitrogens with one attached hydrogen (secondary N) is 2. The summed E-state index contributed by atoms with van der Waals surface area (Å²) in [5.74, 6) is -0.102. The molecule has 1 amide bonds. The quantitative estimate of drug-likeness (QED) is 0.342. The number of anilines is 1. The van der Waals surface area contributed by atoms with Gasteiger partial charge in [0, 0.05) is 61.7 Å². The number of aromatic amines is 1. The van der Waals surface area contributed by atoms with Crippen LogP contribution in [-0.2, 0) is 4.79 Å². The summed E-state index contributed by atoms with van der Waals surface area (Å²) in [5, 5.41) is 8.76. The number of para-hydroxylation sites is 1. The fourth-order valence-corrected chi connectivity index (χ4v) is 4.59. The molecule has 0 radical (unpaired) electrons. The molecule has 0 bridgehead atoms. The summed E-state index contributed by atoms with van der Waals surface area (Å²) in [4.78, 5) is 19.0. The lowest BCUT2D eigenvalue weighted by Gasteiger charge is -2.22. The minimum absolute atomic E-state index is 0.0136. The van der Waals surface area contributed by atoms with Gasteiger partial charge in [-0.15, -0.1) is 0 Å². The Bertz CT molecular complexity index is 1390. The zero-order valence-electron chi connectivity index (χ0n) is 19.9. The Labute approximate surface area is 205 Å². The fourth-order valence-electron chi connectivity index (χ4n) is 4.59. The first-order valence-corrected chi connectivity index (χ1v) is 11.8. The number of nitrogens with zero attached hydrogens (tertiary/aromatic N) is 3. The lowest BCUT2D eigenvalue weighted by Crippen LogP contribution is -2.36. The fraction of sp³-hybridized carbons (Fsp3) is 0.172. The van der Waals surface area contributed by atoms with E-state index in [0.29, 0.717) is 6.54 Å². The van der Waals surface area contributed by atoms with Crippen molar-refractivity contribution in [2.24, 2.45) is 0 Å². The molecule has 0 fully saturated rings. The third-order valence-corrected chi connectivity index (χ3v) is 6.44. The Morgan fingerprint density at radius 1 is 0.943 bits per heavy atom. The molecule has 5 aromatic rings. The van der Waals surface area contributed by atoms with E-state index in [0.717, 1.165) is 33.3 Å². The number of amides is 1. The predicted molar refractivity (Wildman–Crippen MR) is 141 cm³/mol. The predicted octanol–water partition coefficient (Wildman–Crippen LogP) is 4.97. The highest BCUT2D eigenvalue weighted by atomic mass is 16.2. The molecule has 0 saturated carbocycles. The van der Waals surface area contributed by atoms with E-state index in [1.54, 1.807) is 10.9 Å². The van der Waals surface area contributed by atoms with Crippen LogP contribution in [0.1, 0.15) is 28.7 Å². The molecule has 2 aromatic heterocycles. The van der Waals surface area contributed by atoms with Gasteiger partial charge >= 0.3 is 0 Å². The first-order valence-electron chi connectivity index (χ1n) is 11.8. The van der Waals surface area contributed by atoms with Gasteiger partial charge in [-0.3, -0.25) is 9.48 Å². The molecule has 6 nitrogen and oxygen atoms in total. The Morgan fingerprint density at radius 3 is 2.40 bits per heavy atom. The average Bonchev–Trinajstić information content (AvgIpc) is 3.56. The normalized spacial score (nSPS) is 12.9. The van der Waals surface area contributed by atoms with Crippen LogP contribution in [0.25, 0.3) is 10.9 Å². The van der Waals surface area contributed by atoms with Gasteiger partial charge in [0.2, 0.25) is 5.91 Å². The number of carbonyl (C=O) groups excluding carboxylic acids is 1. The second kappa shape index (κ2) is 9.89. The van der Waals surface area contributed by atoms with Crippen LogP contribution >= 0.6 is 0 Å². The molecule has 0 saturated heterocycles. The highest BCUT2D eigenvalue weighted by molar-refractivity contribution is 5.85. The van der Waals surface area contributed by atoms with Crippen LogP contribution in [-0.4, -0.2) is 41.3 Å². The maximum Gasteiger partial charge on any atom is 0.249 e. The van der Waals surface area contributed by atoms with Crippen molar-refractivity contribution < 1.29 is 4.79 Å². The Kier molecular flexibility index (Phi) is 6.35. The summed E-state index contributed by atoms with van der Waals surface area (Å²) in [5.41, 5.74) is 5.43. The summed E-state index contributed by atoms with van der Waals surface area (Å²) >= 11 is 0. The molecule has 35 heavy (non-hydrogen) atoms. The minimum Gasteiger partial charge on any atom is -0.378 e. The van der Waals surface area contributed by atoms with Crippen LogP contribution in [0.2, 0.25) is 0 Å². The molecular weight excluding hydrogens is 434 g/mol. The van der Waals surface area contributed by atoms with Crippen LogP contribution in [0.5, 0.6) is 0 Å². The van der Waals surface area contributed by atoms with Gasteiger partial charge in [-0.2, -0.15) is 5.10 Å². The standard InChI is InChI=1S/C29H29N5O/c1-33(2)23-15-13-21(14-16-23)25(26-20-30-27-12-7-6-11-24(26)27)19-31-29(35)28(34-18-8-17-32-34)22-9-4-3-5-10-22/h3-18,20,25,28,30H,19H2,1-2H3,(H,31,35). The highest BCUT2D eigenvalue weighted by Gasteiger charge is 2.25. The molecule has 2 N–H and O–H groups in total. The largest absolute Gasteiger partial charge is 0.378 e. The number of benzene rings is 3. The maximum atomic E-state index is 13.6. The lowest BCUT2D eigenvalue weighted by molar-refractivity contribution is -0.123. The van der Waals surface area contributed by atoms with E-state index in [-0.39, 0.29) is 11.8 Å². The van der Waals surface area contributed by atoms with E-state index in [1.807, 2.05) is 68.8 Å². The summed E-state index contributed by atoms with van der Waals surface area (Å²) in [6.45, 7) is 0.465. The van der Waals surface area contributed by atoms with Crippen LogP contribution < -0.4 is 10.2 Å². The number of fused-ring (bicyclic) bond motifs is 1. The molecule has 2 unspecified atom stereocenters.